The number of H-pyrrole nitrogens is 1. The van der Waals surface area contributed by atoms with Crippen molar-refractivity contribution in [3.05, 3.63) is 46.2 Å². The molecule has 2 aliphatic heterocycles. The van der Waals surface area contributed by atoms with Gasteiger partial charge < -0.3 is 14.8 Å². The number of pyridine rings is 1. The first kappa shape index (κ1) is 18.7. The van der Waals surface area contributed by atoms with Crippen molar-refractivity contribution >= 4 is 22.7 Å². The fourth-order valence-electron chi connectivity index (χ4n) is 4.53. The topological polar surface area (TPSA) is 73.5 Å². The van der Waals surface area contributed by atoms with E-state index in [9.17, 15) is 14.4 Å². The smallest absolute Gasteiger partial charge is 0.254 e. The minimum Gasteiger partial charge on any atom is -0.342 e. The predicted molar refractivity (Wildman–Crippen MR) is 108 cm³/mol. The molecule has 0 aliphatic carbocycles. The van der Waals surface area contributed by atoms with Crippen LogP contribution in [0.1, 0.15) is 43.0 Å². The van der Waals surface area contributed by atoms with Crippen LogP contribution in [-0.2, 0) is 4.79 Å². The van der Waals surface area contributed by atoms with Crippen LogP contribution in [0.2, 0.25) is 0 Å². The van der Waals surface area contributed by atoms with E-state index in [1.165, 1.54) is 12.5 Å². The molecule has 148 valence electrons. The summed E-state index contributed by atoms with van der Waals surface area (Å²) in [7, 11) is 0. The number of nitrogens with one attached hydrogen (secondary N) is 1. The fourth-order valence-corrected chi connectivity index (χ4v) is 4.53. The van der Waals surface area contributed by atoms with Crippen molar-refractivity contribution in [2.75, 3.05) is 26.2 Å². The van der Waals surface area contributed by atoms with Gasteiger partial charge in [-0.2, -0.15) is 0 Å². The van der Waals surface area contributed by atoms with E-state index in [0.29, 0.717) is 42.9 Å². The van der Waals surface area contributed by atoms with Crippen LogP contribution in [0.25, 0.3) is 10.9 Å². The van der Waals surface area contributed by atoms with E-state index in [2.05, 4.69) is 11.9 Å². The van der Waals surface area contributed by atoms with Crippen LogP contribution >= 0.6 is 0 Å². The number of benzene rings is 1. The number of carbonyl (C=O) groups is 2. The molecule has 1 N–H and O–H groups in total. The first-order chi connectivity index (χ1) is 13.5. The molecule has 0 saturated carbocycles. The van der Waals surface area contributed by atoms with Crippen molar-refractivity contribution in [3.8, 4) is 0 Å². The molecule has 2 aliphatic rings. The highest BCUT2D eigenvalue weighted by atomic mass is 16.2. The average molecular weight is 381 g/mol. The van der Waals surface area contributed by atoms with Crippen molar-refractivity contribution in [1.82, 2.24) is 14.8 Å². The summed E-state index contributed by atoms with van der Waals surface area (Å²) in [6.45, 7) is 5.03. The molecule has 2 fully saturated rings. The minimum absolute atomic E-state index is 0.00488. The normalized spacial score (nSPS) is 21.1. The van der Waals surface area contributed by atoms with Crippen LogP contribution in [-0.4, -0.2) is 52.8 Å². The van der Waals surface area contributed by atoms with Crippen molar-refractivity contribution in [2.45, 2.75) is 32.6 Å². The van der Waals surface area contributed by atoms with E-state index in [1.807, 2.05) is 23.1 Å². The van der Waals surface area contributed by atoms with E-state index >= 15 is 0 Å². The summed E-state index contributed by atoms with van der Waals surface area (Å²) < 4.78 is 0. The quantitative estimate of drug-likeness (QED) is 0.869. The molecule has 1 atom stereocenters. The lowest BCUT2D eigenvalue weighted by Crippen LogP contribution is -2.47. The van der Waals surface area contributed by atoms with Gasteiger partial charge in [-0.3, -0.25) is 14.4 Å². The molecule has 1 unspecified atom stereocenters. The van der Waals surface area contributed by atoms with Gasteiger partial charge >= 0.3 is 0 Å². The largest absolute Gasteiger partial charge is 0.342 e. The summed E-state index contributed by atoms with van der Waals surface area (Å²) in [5, 5.41) is 0.757. The Hall–Kier alpha value is -2.63. The third kappa shape index (κ3) is 3.68. The monoisotopic (exact) mass is 381 g/mol. The van der Waals surface area contributed by atoms with Crippen molar-refractivity contribution in [1.29, 1.82) is 0 Å². The Morgan fingerprint density at radius 2 is 1.79 bits per heavy atom. The highest BCUT2D eigenvalue weighted by molar-refractivity contribution is 6.06. The molecule has 6 heteroatoms. The lowest BCUT2D eigenvalue weighted by molar-refractivity contribution is -0.138. The number of rotatable bonds is 2. The number of fused-ring (bicyclic) bond motifs is 1. The van der Waals surface area contributed by atoms with Gasteiger partial charge in [0.1, 0.15) is 0 Å². The number of amides is 2. The molecule has 28 heavy (non-hydrogen) atoms. The van der Waals surface area contributed by atoms with Gasteiger partial charge in [0.15, 0.2) is 0 Å². The molecule has 0 spiro atoms. The second-order valence-electron chi connectivity index (χ2n) is 8.19. The van der Waals surface area contributed by atoms with Gasteiger partial charge in [0, 0.05) is 49.1 Å². The number of para-hydroxylation sites is 1. The van der Waals surface area contributed by atoms with Crippen LogP contribution in [0.3, 0.4) is 0 Å². The second kappa shape index (κ2) is 7.78. The van der Waals surface area contributed by atoms with Gasteiger partial charge in [0.2, 0.25) is 11.5 Å². The predicted octanol–water partition coefficient (Wildman–Crippen LogP) is 2.64. The molecule has 3 heterocycles. The lowest BCUT2D eigenvalue weighted by atomic mass is 9.92. The Balaban J connectivity index is 1.45. The molecule has 2 saturated heterocycles. The first-order valence-corrected chi connectivity index (χ1v) is 10.2. The zero-order valence-corrected chi connectivity index (χ0v) is 16.3. The highest BCUT2D eigenvalue weighted by Crippen LogP contribution is 2.25. The lowest BCUT2D eigenvalue weighted by Gasteiger charge is -2.37. The van der Waals surface area contributed by atoms with Crippen LogP contribution in [0.4, 0.5) is 0 Å². The van der Waals surface area contributed by atoms with Crippen LogP contribution in [0.15, 0.2) is 35.1 Å². The standard InChI is InChI=1S/C22H27N3O3/c1-15-5-4-10-25(14-15)21(27)16-8-11-24(12-9-16)22(28)18-13-20(26)23-19-7-3-2-6-17(18)19/h2-3,6-7,13,15-16H,4-5,8-12,14H2,1H3,(H,23,26). The SMILES string of the molecule is CC1CCCN(C(=O)C2CCN(C(=O)c3cc(=O)[nH]c4ccccc34)CC2)C1. The van der Waals surface area contributed by atoms with E-state index < -0.39 is 0 Å². The number of aromatic nitrogens is 1. The van der Waals surface area contributed by atoms with E-state index in [0.717, 1.165) is 24.9 Å². The van der Waals surface area contributed by atoms with Gasteiger partial charge in [-0.05, 0) is 37.7 Å². The van der Waals surface area contributed by atoms with Crippen LogP contribution < -0.4 is 5.56 Å². The average Bonchev–Trinajstić information content (AvgIpc) is 2.72. The molecular weight excluding hydrogens is 354 g/mol. The molecule has 6 nitrogen and oxygen atoms in total. The molecule has 2 amide bonds. The van der Waals surface area contributed by atoms with Crippen LogP contribution in [0, 0.1) is 11.8 Å². The van der Waals surface area contributed by atoms with E-state index in [1.54, 1.807) is 11.0 Å². The minimum atomic E-state index is -0.272. The third-order valence-electron chi connectivity index (χ3n) is 6.08. The molecule has 0 radical (unpaired) electrons. The highest BCUT2D eigenvalue weighted by Gasteiger charge is 2.32. The Morgan fingerprint density at radius 1 is 1.04 bits per heavy atom. The molecule has 4 rings (SSSR count). The van der Waals surface area contributed by atoms with Crippen molar-refractivity contribution in [3.63, 3.8) is 0 Å². The third-order valence-corrected chi connectivity index (χ3v) is 6.08. The zero-order valence-electron chi connectivity index (χ0n) is 16.3. The number of carbonyl (C=O) groups excluding carboxylic acids is 2. The van der Waals surface area contributed by atoms with Gasteiger partial charge in [-0.15, -0.1) is 0 Å². The van der Waals surface area contributed by atoms with Gasteiger partial charge in [-0.25, -0.2) is 0 Å². The van der Waals surface area contributed by atoms with Gasteiger partial charge in [0.05, 0.1) is 5.56 Å². The van der Waals surface area contributed by atoms with Gasteiger partial charge in [-0.1, -0.05) is 25.1 Å². The molecular formula is C22H27N3O3. The Kier molecular flexibility index (Phi) is 5.20. The number of hydrogen-bond donors (Lipinski definition) is 1. The maximum Gasteiger partial charge on any atom is 0.254 e. The summed E-state index contributed by atoms with van der Waals surface area (Å²) in [6, 6.07) is 8.74. The molecule has 1 aromatic heterocycles. The second-order valence-corrected chi connectivity index (χ2v) is 8.19. The Labute approximate surface area is 164 Å². The van der Waals surface area contributed by atoms with Crippen molar-refractivity contribution in [2.24, 2.45) is 11.8 Å². The Bertz CT molecular complexity index is 943. The zero-order chi connectivity index (χ0) is 19.7. The summed E-state index contributed by atoms with van der Waals surface area (Å²) >= 11 is 0. The van der Waals surface area contributed by atoms with E-state index in [-0.39, 0.29) is 23.3 Å². The summed E-state index contributed by atoms with van der Waals surface area (Å²) in [5.74, 6) is 0.703. The number of hydrogen-bond acceptors (Lipinski definition) is 3. The number of piperidine rings is 2. The van der Waals surface area contributed by atoms with Crippen LogP contribution in [0.5, 0.6) is 0 Å². The molecule has 1 aromatic carbocycles. The summed E-state index contributed by atoms with van der Waals surface area (Å²) in [5.41, 5.74) is 0.836. The number of likely N-dealkylation sites (tertiary alicyclic amines) is 2. The maximum atomic E-state index is 13.1. The molecule has 2 aromatic rings. The summed E-state index contributed by atoms with van der Waals surface area (Å²) in [6.07, 6.45) is 3.66. The molecule has 0 bridgehead atoms. The number of aromatic amines is 1. The van der Waals surface area contributed by atoms with Crippen molar-refractivity contribution < 1.29 is 9.59 Å². The number of nitrogens with zero attached hydrogens (tertiary/aromatic N) is 2. The van der Waals surface area contributed by atoms with Gasteiger partial charge in [0.25, 0.3) is 5.91 Å². The Morgan fingerprint density at radius 3 is 2.54 bits per heavy atom. The fraction of sp³-hybridized carbons (Fsp3) is 0.500. The maximum absolute atomic E-state index is 13.1. The van der Waals surface area contributed by atoms with E-state index in [4.69, 9.17) is 0 Å². The first-order valence-electron chi connectivity index (χ1n) is 10.2. The summed E-state index contributed by atoms with van der Waals surface area (Å²) in [4.78, 5) is 44.4.